The van der Waals surface area contributed by atoms with E-state index in [-0.39, 0.29) is 16.4 Å². The van der Waals surface area contributed by atoms with Gasteiger partial charge < -0.3 is 5.32 Å². The van der Waals surface area contributed by atoms with Crippen LogP contribution in [0.1, 0.15) is 17.0 Å². The van der Waals surface area contributed by atoms with E-state index in [0.717, 1.165) is 12.1 Å². The number of benzene rings is 2. The number of hydrogen-bond acceptors (Lipinski definition) is 6. The molecule has 0 unspecified atom stereocenters. The SMILES string of the molecule is Cc1cc(C)nc(NS(=O)(=O)c2ccc(Nc3ccnc4cc(C(F)(F)F)ccc34)cc2)n1. The highest BCUT2D eigenvalue weighted by atomic mass is 32.2. The predicted octanol–water partition coefficient (Wildman–Crippen LogP) is 5.20. The van der Waals surface area contributed by atoms with E-state index in [1.165, 1.54) is 24.4 Å². The van der Waals surface area contributed by atoms with E-state index in [1.807, 2.05) is 0 Å². The summed E-state index contributed by atoms with van der Waals surface area (Å²) in [4.78, 5) is 12.2. The average Bonchev–Trinajstić information content (AvgIpc) is 2.72. The van der Waals surface area contributed by atoms with Crippen LogP contribution in [0.3, 0.4) is 0 Å². The van der Waals surface area contributed by atoms with Gasteiger partial charge >= 0.3 is 6.18 Å². The molecule has 0 aliphatic rings. The molecule has 2 aromatic heterocycles. The summed E-state index contributed by atoms with van der Waals surface area (Å²) in [5.74, 6) is -0.0174. The molecule has 0 bridgehead atoms. The highest BCUT2D eigenvalue weighted by Crippen LogP contribution is 2.33. The molecule has 0 aliphatic carbocycles. The Bertz CT molecular complexity index is 1420. The Kier molecular flexibility index (Phi) is 5.66. The van der Waals surface area contributed by atoms with Gasteiger partial charge in [-0.05, 0) is 62.4 Å². The van der Waals surface area contributed by atoms with E-state index in [2.05, 4.69) is 25.0 Å². The van der Waals surface area contributed by atoms with Gasteiger partial charge in [0.25, 0.3) is 10.0 Å². The second kappa shape index (κ2) is 8.32. The molecule has 4 rings (SSSR count). The topological polar surface area (TPSA) is 96.9 Å². The first-order chi connectivity index (χ1) is 15.5. The molecule has 0 spiro atoms. The zero-order chi connectivity index (χ0) is 23.8. The number of sulfonamides is 1. The second-order valence-electron chi connectivity index (χ2n) is 7.32. The van der Waals surface area contributed by atoms with E-state index in [9.17, 15) is 21.6 Å². The molecule has 11 heteroatoms. The number of halogens is 3. The lowest BCUT2D eigenvalue weighted by molar-refractivity contribution is -0.137. The summed E-state index contributed by atoms with van der Waals surface area (Å²) >= 11 is 0. The van der Waals surface area contributed by atoms with E-state index in [4.69, 9.17) is 0 Å². The number of aromatic nitrogens is 3. The molecule has 0 amide bonds. The maximum atomic E-state index is 13.0. The molecule has 0 saturated heterocycles. The Hall–Kier alpha value is -3.73. The van der Waals surface area contributed by atoms with Crippen molar-refractivity contribution < 1.29 is 21.6 Å². The Balaban J connectivity index is 1.57. The third kappa shape index (κ3) is 5.03. The van der Waals surface area contributed by atoms with Crippen molar-refractivity contribution in [1.82, 2.24) is 15.0 Å². The molecule has 0 saturated carbocycles. The molecule has 0 radical (unpaired) electrons. The van der Waals surface area contributed by atoms with E-state index < -0.39 is 21.8 Å². The van der Waals surface area contributed by atoms with Crippen molar-refractivity contribution in [2.45, 2.75) is 24.9 Å². The van der Waals surface area contributed by atoms with Crippen molar-refractivity contribution in [3.8, 4) is 0 Å². The van der Waals surface area contributed by atoms with Crippen LogP contribution < -0.4 is 10.0 Å². The monoisotopic (exact) mass is 473 g/mol. The highest BCUT2D eigenvalue weighted by Gasteiger charge is 2.30. The Morgan fingerprint density at radius 2 is 1.55 bits per heavy atom. The number of alkyl halides is 3. The summed E-state index contributed by atoms with van der Waals surface area (Å²) in [7, 11) is -3.91. The van der Waals surface area contributed by atoms with Crippen LogP contribution in [0, 0.1) is 13.8 Å². The number of fused-ring (bicyclic) bond motifs is 1. The first-order valence-electron chi connectivity index (χ1n) is 9.69. The minimum atomic E-state index is -4.46. The van der Waals surface area contributed by atoms with Gasteiger partial charge in [0.15, 0.2) is 0 Å². The highest BCUT2D eigenvalue weighted by molar-refractivity contribution is 7.92. The summed E-state index contributed by atoms with van der Waals surface area (Å²) in [5.41, 5.74) is 1.75. The van der Waals surface area contributed by atoms with Gasteiger partial charge in [-0.25, -0.2) is 23.1 Å². The molecule has 4 aromatic rings. The number of pyridine rings is 1. The summed E-state index contributed by atoms with van der Waals surface area (Å²) < 4.78 is 66.6. The molecule has 170 valence electrons. The quantitative estimate of drug-likeness (QED) is 0.413. The van der Waals surface area contributed by atoms with Crippen molar-refractivity contribution >= 4 is 38.2 Å². The fraction of sp³-hybridized carbons (Fsp3) is 0.136. The number of rotatable bonds is 5. The normalized spacial score (nSPS) is 12.0. The molecule has 2 N–H and O–H groups in total. The third-order valence-corrected chi connectivity index (χ3v) is 6.07. The van der Waals surface area contributed by atoms with E-state index >= 15 is 0 Å². The van der Waals surface area contributed by atoms with Gasteiger partial charge in [-0.15, -0.1) is 0 Å². The van der Waals surface area contributed by atoms with Gasteiger partial charge in [-0.1, -0.05) is 6.07 Å². The minimum absolute atomic E-state index is 0.00483. The Morgan fingerprint density at radius 1 is 0.879 bits per heavy atom. The first kappa shape index (κ1) is 22.5. The molecule has 7 nitrogen and oxygen atoms in total. The molecular formula is C22H18F3N5O2S. The van der Waals surface area contributed by atoms with Gasteiger partial charge in [-0.2, -0.15) is 13.2 Å². The number of aryl methyl sites for hydroxylation is 2. The lowest BCUT2D eigenvalue weighted by Crippen LogP contribution is -2.15. The lowest BCUT2D eigenvalue weighted by Gasteiger charge is -2.12. The fourth-order valence-corrected chi connectivity index (χ4v) is 4.20. The standard InChI is InChI=1S/C22H18F3N5O2S/c1-13-11-14(2)28-21(27-13)30-33(31,32)17-6-4-16(5-7-17)29-19-9-10-26-20-12-15(22(23,24)25)3-8-18(19)20/h3-12H,1-2H3,(H,26,29)(H,27,28,30). The largest absolute Gasteiger partial charge is 0.416 e. The fourth-order valence-electron chi connectivity index (χ4n) is 3.26. The number of hydrogen-bond donors (Lipinski definition) is 2. The number of anilines is 3. The molecule has 0 fully saturated rings. The maximum absolute atomic E-state index is 13.0. The summed E-state index contributed by atoms with van der Waals surface area (Å²) in [5, 5.41) is 3.58. The smallest absolute Gasteiger partial charge is 0.355 e. The molecule has 2 aromatic carbocycles. The van der Waals surface area contributed by atoms with Crippen LogP contribution in [-0.4, -0.2) is 23.4 Å². The second-order valence-corrected chi connectivity index (χ2v) is 9.00. The zero-order valence-electron chi connectivity index (χ0n) is 17.5. The van der Waals surface area contributed by atoms with Crippen LogP contribution >= 0.6 is 0 Å². The maximum Gasteiger partial charge on any atom is 0.416 e. The number of nitrogens with zero attached hydrogens (tertiary/aromatic N) is 3. The molecule has 0 aliphatic heterocycles. The van der Waals surface area contributed by atoms with Gasteiger partial charge in [0.2, 0.25) is 5.95 Å². The van der Waals surface area contributed by atoms with Gasteiger partial charge in [0.1, 0.15) is 0 Å². The first-order valence-corrected chi connectivity index (χ1v) is 11.2. The molecule has 0 atom stereocenters. The molecular weight excluding hydrogens is 455 g/mol. The van der Waals surface area contributed by atoms with Crippen molar-refractivity contribution in [2.75, 3.05) is 10.0 Å². The van der Waals surface area contributed by atoms with Gasteiger partial charge in [0, 0.05) is 34.3 Å². The van der Waals surface area contributed by atoms with Gasteiger partial charge in [-0.3, -0.25) is 4.98 Å². The predicted molar refractivity (Wildman–Crippen MR) is 119 cm³/mol. The summed E-state index contributed by atoms with van der Waals surface area (Å²) in [6, 6.07) is 12.6. The van der Waals surface area contributed by atoms with Gasteiger partial charge in [0.05, 0.1) is 16.0 Å². The van der Waals surface area contributed by atoms with Crippen LogP contribution in [0.15, 0.2) is 65.7 Å². The van der Waals surface area contributed by atoms with Crippen LogP contribution in [0.4, 0.5) is 30.5 Å². The Morgan fingerprint density at radius 3 is 2.18 bits per heavy atom. The van der Waals surface area contributed by atoms with Crippen molar-refractivity contribution in [1.29, 1.82) is 0 Å². The van der Waals surface area contributed by atoms with Crippen molar-refractivity contribution in [3.63, 3.8) is 0 Å². The zero-order valence-corrected chi connectivity index (χ0v) is 18.3. The molecule has 2 heterocycles. The summed E-state index contributed by atoms with van der Waals surface area (Å²) in [6.07, 6.45) is -3.06. The van der Waals surface area contributed by atoms with Crippen LogP contribution in [-0.2, 0) is 16.2 Å². The van der Waals surface area contributed by atoms with Crippen molar-refractivity contribution in [3.05, 3.63) is 77.7 Å². The minimum Gasteiger partial charge on any atom is -0.355 e. The Labute approximate surface area is 187 Å². The average molecular weight is 473 g/mol. The van der Waals surface area contributed by atoms with Crippen LogP contribution in [0.2, 0.25) is 0 Å². The number of nitrogens with one attached hydrogen (secondary N) is 2. The van der Waals surface area contributed by atoms with Crippen LogP contribution in [0.25, 0.3) is 10.9 Å². The van der Waals surface area contributed by atoms with E-state index in [0.29, 0.717) is 28.1 Å². The third-order valence-electron chi connectivity index (χ3n) is 4.72. The lowest BCUT2D eigenvalue weighted by atomic mass is 10.1. The summed E-state index contributed by atoms with van der Waals surface area (Å²) in [6.45, 7) is 3.47. The van der Waals surface area contributed by atoms with Crippen LogP contribution in [0.5, 0.6) is 0 Å². The molecule has 33 heavy (non-hydrogen) atoms. The van der Waals surface area contributed by atoms with Crippen molar-refractivity contribution in [2.24, 2.45) is 0 Å². The van der Waals surface area contributed by atoms with E-state index in [1.54, 1.807) is 38.1 Å².